The quantitative estimate of drug-likeness (QED) is 0.400. The van der Waals surface area contributed by atoms with E-state index < -0.39 is 6.10 Å². The van der Waals surface area contributed by atoms with Crippen LogP contribution in [0.5, 0.6) is 5.75 Å². The molecule has 0 radical (unpaired) electrons. The van der Waals surface area contributed by atoms with Crippen molar-refractivity contribution in [1.29, 1.82) is 0 Å². The van der Waals surface area contributed by atoms with E-state index in [1.807, 2.05) is 7.05 Å². The molecule has 3 heterocycles. The average molecular weight is 575 g/mol. The van der Waals surface area contributed by atoms with Crippen LogP contribution in [0.2, 0.25) is 5.02 Å². The molecule has 2 amide bonds. The minimum atomic E-state index is -0.879. The molecule has 10 heteroatoms. The molecule has 9 nitrogen and oxygen atoms in total. The summed E-state index contributed by atoms with van der Waals surface area (Å²) in [6.45, 7) is 1.79. The number of likely N-dealkylation sites (tertiary alicyclic amines) is 1. The van der Waals surface area contributed by atoms with Crippen LogP contribution in [0, 0.1) is 0 Å². The first-order valence-corrected chi connectivity index (χ1v) is 14.2. The van der Waals surface area contributed by atoms with Gasteiger partial charge in [-0.2, -0.15) is 0 Å². The van der Waals surface area contributed by atoms with Gasteiger partial charge in [-0.3, -0.25) is 24.3 Å². The predicted octanol–water partition coefficient (Wildman–Crippen LogP) is 3.66. The third-order valence-corrected chi connectivity index (χ3v) is 8.24. The summed E-state index contributed by atoms with van der Waals surface area (Å²) in [6, 6.07) is 10.3. The van der Waals surface area contributed by atoms with Crippen LogP contribution in [0.3, 0.4) is 0 Å². The van der Waals surface area contributed by atoms with Crippen molar-refractivity contribution in [1.82, 2.24) is 9.80 Å². The minimum absolute atomic E-state index is 0.0356. The molecule has 3 aliphatic heterocycles. The van der Waals surface area contributed by atoms with Gasteiger partial charge in [0, 0.05) is 35.3 Å². The first-order valence-electron chi connectivity index (χ1n) is 13.8. The molecule has 0 aromatic heterocycles. The van der Waals surface area contributed by atoms with Gasteiger partial charge in [-0.15, -0.1) is 0 Å². The fraction of sp³-hybridized carbons (Fsp3) is 0.355. The van der Waals surface area contributed by atoms with Crippen LogP contribution < -0.4 is 10.1 Å². The number of carbonyl (C=O) groups is 3. The van der Waals surface area contributed by atoms with Gasteiger partial charge in [-0.1, -0.05) is 17.7 Å². The van der Waals surface area contributed by atoms with Gasteiger partial charge in [0.15, 0.2) is 5.78 Å². The van der Waals surface area contributed by atoms with E-state index in [0.29, 0.717) is 45.3 Å². The number of piperidine rings is 1. The number of rotatable bonds is 6. The lowest BCUT2D eigenvalue weighted by atomic mass is 9.94. The second-order valence-corrected chi connectivity index (χ2v) is 11.3. The summed E-state index contributed by atoms with van der Waals surface area (Å²) < 4.78 is 5.61. The second-order valence-electron chi connectivity index (χ2n) is 10.9. The highest BCUT2D eigenvalue weighted by Gasteiger charge is 2.42. The second kappa shape index (κ2) is 11.2. The van der Waals surface area contributed by atoms with Gasteiger partial charge < -0.3 is 20.1 Å². The predicted molar refractivity (Wildman–Crippen MR) is 156 cm³/mol. The monoisotopic (exact) mass is 574 g/mol. The number of carbonyl (C=O) groups excluding carboxylic acids is 3. The van der Waals surface area contributed by atoms with E-state index in [9.17, 15) is 19.5 Å². The van der Waals surface area contributed by atoms with Crippen LogP contribution in [0.15, 0.2) is 64.8 Å². The number of imide groups is 1. The molecule has 4 aliphatic rings. The number of fused-ring (bicyclic) bond motifs is 2. The maximum atomic E-state index is 13.3. The maximum Gasteiger partial charge on any atom is 0.261 e. The van der Waals surface area contributed by atoms with Crippen molar-refractivity contribution in [3.63, 3.8) is 0 Å². The van der Waals surface area contributed by atoms with Gasteiger partial charge in [0.05, 0.1) is 29.0 Å². The number of hydrogen-bond donors (Lipinski definition) is 2. The number of ketones is 1. The van der Waals surface area contributed by atoms with Crippen LogP contribution >= 0.6 is 11.6 Å². The zero-order chi connectivity index (χ0) is 28.7. The van der Waals surface area contributed by atoms with E-state index in [4.69, 9.17) is 16.3 Å². The number of aliphatic imine (C=N–C) groups is 1. The van der Waals surface area contributed by atoms with Crippen molar-refractivity contribution in [3.05, 3.63) is 81.5 Å². The Morgan fingerprint density at radius 1 is 1.10 bits per heavy atom. The Morgan fingerprint density at radius 2 is 1.80 bits per heavy atom. The Labute approximate surface area is 243 Å². The molecule has 1 fully saturated rings. The van der Waals surface area contributed by atoms with E-state index in [0.717, 1.165) is 37.2 Å². The summed E-state index contributed by atoms with van der Waals surface area (Å²) in [5.41, 5.74) is 4.02. The van der Waals surface area contributed by atoms with Crippen molar-refractivity contribution >= 4 is 40.6 Å². The lowest BCUT2D eigenvalue weighted by Crippen LogP contribution is -2.46. The molecular formula is C31H31ClN4O5. The summed E-state index contributed by atoms with van der Waals surface area (Å²) >= 11 is 5.90. The molecular weight excluding hydrogens is 544 g/mol. The first kappa shape index (κ1) is 27.4. The number of aliphatic hydroxyl groups is 1. The topological polar surface area (TPSA) is 112 Å². The third-order valence-electron chi connectivity index (χ3n) is 7.99. The standard InChI is InChI=1S/C31H31ClN4O5/c1-35-11-9-20(10-12-35)36-30(39)23-13-18-14-27(34-26(18)15-24(23)31(36)40)29-25(3-2-4-28(29)38)33-16-21(37)17-41-22-7-5-19(32)6-8-22/h2-3,5-8,13,15,20-21,34,37H,4,9-12,14,16-17H2,1H3. The Kier molecular flexibility index (Phi) is 7.50. The van der Waals surface area contributed by atoms with Crippen molar-refractivity contribution in [3.8, 4) is 5.75 Å². The average Bonchev–Trinajstić information content (AvgIpc) is 3.48. The molecule has 0 spiro atoms. The molecule has 1 unspecified atom stereocenters. The Hall–Kier alpha value is -3.79. The fourth-order valence-corrected chi connectivity index (χ4v) is 5.91. The number of halogens is 1. The van der Waals surface area contributed by atoms with E-state index in [2.05, 4.69) is 15.2 Å². The molecule has 212 valence electrons. The van der Waals surface area contributed by atoms with E-state index in [1.54, 1.807) is 48.6 Å². The van der Waals surface area contributed by atoms with Gasteiger partial charge in [0.25, 0.3) is 11.8 Å². The lowest BCUT2D eigenvalue weighted by molar-refractivity contribution is -0.114. The molecule has 2 N–H and O–H groups in total. The normalized spacial score (nSPS) is 22.8. The molecule has 41 heavy (non-hydrogen) atoms. The number of benzene rings is 2. The summed E-state index contributed by atoms with van der Waals surface area (Å²) in [5, 5.41) is 14.4. The molecule has 0 saturated carbocycles. The van der Waals surface area contributed by atoms with Crippen molar-refractivity contribution < 1.29 is 24.2 Å². The van der Waals surface area contributed by atoms with Gasteiger partial charge in [0.2, 0.25) is 0 Å². The summed E-state index contributed by atoms with van der Waals surface area (Å²) in [6.07, 6.45) is 4.87. The molecule has 1 aliphatic carbocycles. The maximum absolute atomic E-state index is 13.3. The molecule has 0 bridgehead atoms. The Balaban J connectivity index is 1.18. The van der Waals surface area contributed by atoms with E-state index >= 15 is 0 Å². The van der Waals surface area contributed by atoms with Crippen LogP contribution in [0.1, 0.15) is 45.5 Å². The number of Topliss-reactive ketones (excluding diaryl/α,β-unsaturated/α-hetero) is 1. The highest BCUT2D eigenvalue weighted by atomic mass is 35.5. The highest BCUT2D eigenvalue weighted by Crippen LogP contribution is 2.38. The number of ether oxygens (including phenoxy) is 1. The zero-order valence-corrected chi connectivity index (χ0v) is 23.5. The third kappa shape index (κ3) is 5.45. The number of allylic oxidation sites excluding steroid dienone is 4. The summed E-state index contributed by atoms with van der Waals surface area (Å²) in [7, 11) is 2.05. The van der Waals surface area contributed by atoms with Gasteiger partial charge in [0.1, 0.15) is 18.5 Å². The Bertz CT molecular complexity index is 1460. The van der Waals surface area contributed by atoms with Crippen LogP contribution in [0.4, 0.5) is 5.69 Å². The zero-order valence-electron chi connectivity index (χ0n) is 22.7. The highest BCUT2D eigenvalue weighted by molar-refractivity contribution is 6.30. The number of aliphatic hydroxyl groups excluding tert-OH is 1. The van der Waals surface area contributed by atoms with Gasteiger partial charge >= 0.3 is 0 Å². The molecule has 6 rings (SSSR count). The molecule has 1 saturated heterocycles. The lowest BCUT2D eigenvalue weighted by Gasteiger charge is -2.33. The van der Waals surface area contributed by atoms with Crippen LogP contribution in [-0.4, -0.2) is 83.7 Å². The minimum Gasteiger partial charge on any atom is -0.491 e. The van der Waals surface area contributed by atoms with E-state index in [1.165, 1.54) is 4.90 Å². The fourth-order valence-electron chi connectivity index (χ4n) is 5.79. The number of nitrogens with zero attached hydrogens (tertiary/aromatic N) is 3. The Morgan fingerprint density at radius 3 is 2.54 bits per heavy atom. The summed E-state index contributed by atoms with van der Waals surface area (Å²) in [4.78, 5) is 47.8. The largest absolute Gasteiger partial charge is 0.491 e. The SMILES string of the molecule is CN1CCC(N2C(=O)c3cc4c(cc3C2=O)NC(=C2C(=O)CC=CC2=NCC(O)COc2ccc(Cl)cc2)C4)CC1. The van der Waals surface area contributed by atoms with Gasteiger partial charge in [-0.05, 0) is 81.0 Å². The van der Waals surface area contributed by atoms with Crippen LogP contribution in [0.25, 0.3) is 0 Å². The van der Waals surface area contributed by atoms with Crippen molar-refractivity contribution in [2.75, 3.05) is 38.6 Å². The number of hydrogen-bond acceptors (Lipinski definition) is 8. The first-order chi connectivity index (χ1) is 19.8. The van der Waals surface area contributed by atoms with E-state index in [-0.39, 0.29) is 43.2 Å². The van der Waals surface area contributed by atoms with Crippen molar-refractivity contribution in [2.24, 2.45) is 4.99 Å². The van der Waals surface area contributed by atoms with Crippen molar-refractivity contribution in [2.45, 2.75) is 37.8 Å². The number of anilines is 1. The molecule has 1 atom stereocenters. The number of amides is 2. The number of nitrogens with one attached hydrogen (secondary N) is 1. The van der Waals surface area contributed by atoms with Crippen LogP contribution in [-0.2, 0) is 11.2 Å². The molecule has 2 aromatic rings. The van der Waals surface area contributed by atoms with Gasteiger partial charge in [-0.25, -0.2) is 0 Å². The smallest absolute Gasteiger partial charge is 0.261 e. The summed E-state index contributed by atoms with van der Waals surface area (Å²) in [5.74, 6) is 0.0145. The molecule has 2 aromatic carbocycles.